The highest BCUT2D eigenvalue weighted by Gasteiger charge is 2.33. The fraction of sp³-hybridized carbons (Fsp3) is 0.316. The fourth-order valence-corrected chi connectivity index (χ4v) is 4.96. The molecule has 1 N–H and O–H groups in total. The van der Waals surface area contributed by atoms with Crippen molar-refractivity contribution in [3.05, 3.63) is 52.5 Å². The van der Waals surface area contributed by atoms with Gasteiger partial charge in [-0.3, -0.25) is 4.79 Å². The van der Waals surface area contributed by atoms with Crippen LogP contribution in [0, 0.1) is 5.92 Å². The van der Waals surface area contributed by atoms with Gasteiger partial charge in [0.2, 0.25) is 15.9 Å². The Morgan fingerprint density at radius 3 is 2.50 bits per heavy atom. The number of amides is 1. The van der Waals surface area contributed by atoms with Crippen LogP contribution in [0.1, 0.15) is 12.8 Å². The Labute approximate surface area is 174 Å². The third kappa shape index (κ3) is 4.60. The van der Waals surface area contributed by atoms with Gasteiger partial charge in [0, 0.05) is 23.1 Å². The lowest BCUT2D eigenvalue weighted by molar-refractivity contribution is -0.120. The van der Waals surface area contributed by atoms with Crippen molar-refractivity contribution in [2.75, 3.05) is 25.5 Å². The second-order valence-electron chi connectivity index (χ2n) is 6.49. The summed E-state index contributed by atoms with van der Waals surface area (Å²) >= 11 is 11.8. The van der Waals surface area contributed by atoms with Crippen LogP contribution in [0.4, 0.5) is 5.69 Å². The van der Waals surface area contributed by atoms with E-state index in [1.807, 2.05) is 0 Å². The maximum Gasteiger partial charge on any atom is 0.243 e. The predicted octanol–water partition coefficient (Wildman–Crippen LogP) is 4.04. The SMILES string of the molecule is COc1ccc(Cl)cc1NC(=O)[C@H]1CCCN(S(=O)(=O)c2ccc(Cl)cc2)C1. The zero-order chi connectivity index (χ0) is 20.3. The van der Waals surface area contributed by atoms with Gasteiger partial charge in [-0.2, -0.15) is 4.31 Å². The van der Waals surface area contributed by atoms with E-state index in [9.17, 15) is 13.2 Å². The lowest BCUT2D eigenvalue weighted by Crippen LogP contribution is -2.43. The average molecular weight is 443 g/mol. The van der Waals surface area contributed by atoms with Crippen molar-refractivity contribution in [2.24, 2.45) is 5.92 Å². The molecule has 2 aromatic carbocycles. The standard InChI is InChI=1S/C19H20Cl2N2O4S/c1-27-18-9-6-15(21)11-17(18)22-19(24)13-3-2-10-23(12-13)28(25,26)16-7-4-14(20)5-8-16/h4-9,11,13H,2-3,10,12H2,1H3,(H,22,24)/t13-/m0/s1. The first kappa shape index (κ1) is 20.9. The number of anilines is 1. The zero-order valence-corrected chi connectivity index (χ0v) is 17.5. The van der Waals surface area contributed by atoms with Crippen LogP contribution in [0.25, 0.3) is 0 Å². The highest BCUT2D eigenvalue weighted by atomic mass is 35.5. The number of rotatable bonds is 5. The lowest BCUT2D eigenvalue weighted by atomic mass is 9.98. The molecule has 1 atom stereocenters. The first-order valence-electron chi connectivity index (χ1n) is 8.71. The van der Waals surface area contributed by atoms with Gasteiger partial charge >= 0.3 is 0 Å². The van der Waals surface area contributed by atoms with E-state index in [0.717, 1.165) is 0 Å². The fourth-order valence-electron chi connectivity index (χ4n) is 3.14. The molecular formula is C19H20Cl2N2O4S. The van der Waals surface area contributed by atoms with E-state index < -0.39 is 15.9 Å². The van der Waals surface area contributed by atoms with Crippen LogP contribution < -0.4 is 10.1 Å². The second kappa shape index (κ2) is 8.69. The number of carbonyl (C=O) groups excluding carboxylic acids is 1. The van der Waals surface area contributed by atoms with Gasteiger partial charge in [0.25, 0.3) is 0 Å². The molecule has 0 saturated carbocycles. The smallest absolute Gasteiger partial charge is 0.243 e. The van der Waals surface area contributed by atoms with Crippen molar-refractivity contribution in [1.82, 2.24) is 4.31 Å². The van der Waals surface area contributed by atoms with Gasteiger partial charge in [-0.05, 0) is 55.3 Å². The highest BCUT2D eigenvalue weighted by molar-refractivity contribution is 7.89. The first-order valence-corrected chi connectivity index (χ1v) is 10.9. The summed E-state index contributed by atoms with van der Waals surface area (Å²) in [7, 11) is -2.19. The topological polar surface area (TPSA) is 75.7 Å². The summed E-state index contributed by atoms with van der Waals surface area (Å²) in [6.45, 7) is 0.481. The average Bonchev–Trinajstić information content (AvgIpc) is 2.68. The molecule has 1 aliphatic rings. The van der Waals surface area contributed by atoms with Gasteiger partial charge in [0.05, 0.1) is 23.6 Å². The minimum atomic E-state index is -3.69. The van der Waals surface area contributed by atoms with Crippen LogP contribution in [0.3, 0.4) is 0 Å². The predicted molar refractivity (Wildman–Crippen MR) is 110 cm³/mol. The van der Waals surface area contributed by atoms with Crippen LogP contribution in [0.5, 0.6) is 5.75 Å². The molecule has 6 nitrogen and oxygen atoms in total. The number of nitrogens with one attached hydrogen (secondary N) is 1. The number of methoxy groups -OCH3 is 1. The van der Waals surface area contributed by atoms with Gasteiger partial charge in [-0.1, -0.05) is 23.2 Å². The maximum atomic E-state index is 12.9. The number of benzene rings is 2. The Kier molecular flexibility index (Phi) is 6.50. The van der Waals surface area contributed by atoms with Gasteiger partial charge in [0.15, 0.2) is 0 Å². The number of nitrogens with zero attached hydrogens (tertiary/aromatic N) is 1. The monoisotopic (exact) mass is 442 g/mol. The Bertz CT molecular complexity index is 964. The van der Waals surface area contributed by atoms with Crippen molar-refractivity contribution in [3.8, 4) is 5.75 Å². The summed E-state index contributed by atoms with van der Waals surface area (Å²) < 4.78 is 32.4. The minimum absolute atomic E-state index is 0.111. The first-order chi connectivity index (χ1) is 13.3. The van der Waals surface area contributed by atoms with Crippen LogP contribution >= 0.6 is 23.2 Å². The third-order valence-corrected chi connectivity index (χ3v) is 6.99. The van der Waals surface area contributed by atoms with E-state index in [1.165, 1.54) is 35.7 Å². The Hall–Kier alpha value is -1.80. The van der Waals surface area contributed by atoms with E-state index >= 15 is 0 Å². The summed E-state index contributed by atoms with van der Waals surface area (Å²) in [6, 6.07) is 10.9. The largest absolute Gasteiger partial charge is 0.495 e. The molecule has 3 rings (SSSR count). The van der Waals surface area contributed by atoms with Gasteiger partial charge in [0.1, 0.15) is 5.75 Å². The van der Waals surface area contributed by atoms with Crippen molar-refractivity contribution in [2.45, 2.75) is 17.7 Å². The van der Waals surface area contributed by atoms with Crippen molar-refractivity contribution >= 4 is 44.8 Å². The Morgan fingerprint density at radius 2 is 1.82 bits per heavy atom. The molecule has 9 heteroatoms. The number of hydrogen-bond donors (Lipinski definition) is 1. The number of piperidine rings is 1. The quantitative estimate of drug-likeness (QED) is 0.757. The molecule has 0 bridgehead atoms. The summed E-state index contributed by atoms with van der Waals surface area (Å²) in [4.78, 5) is 12.9. The molecule has 0 aromatic heterocycles. The van der Waals surface area contributed by atoms with Gasteiger partial charge in [-0.25, -0.2) is 8.42 Å². The molecule has 1 heterocycles. The molecule has 28 heavy (non-hydrogen) atoms. The Balaban J connectivity index is 1.75. The molecule has 0 aliphatic carbocycles. The van der Waals surface area contributed by atoms with Gasteiger partial charge < -0.3 is 10.1 Å². The molecule has 1 saturated heterocycles. The van der Waals surface area contributed by atoms with E-state index in [1.54, 1.807) is 18.2 Å². The van der Waals surface area contributed by atoms with E-state index in [0.29, 0.717) is 40.9 Å². The highest BCUT2D eigenvalue weighted by Crippen LogP contribution is 2.30. The molecule has 150 valence electrons. The van der Waals surface area contributed by atoms with E-state index in [2.05, 4.69) is 5.32 Å². The second-order valence-corrected chi connectivity index (χ2v) is 9.30. The third-order valence-electron chi connectivity index (χ3n) is 4.63. The lowest BCUT2D eigenvalue weighted by Gasteiger charge is -2.31. The minimum Gasteiger partial charge on any atom is -0.495 e. The van der Waals surface area contributed by atoms with Gasteiger partial charge in [-0.15, -0.1) is 0 Å². The number of hydrogen-bond acceptors (Lipinski definition) is 4. The number of ether oxygens (including phenoxy) is 1. The summed E-state index contributed by atoms with van der Waals surface area (Å²) in [6.07, 6.45) is 1.19. The molecule has 1 amide bonds. The molecule has 0 radical (unpaired) electrons. The molecule has 1 fully saturated rings. The van der Waals surface area contributed by atoms with E-state index in [4.69, 9.17) is 27.9 Å². The van der Waals surface area contributed by atoms with Crippen LogP contribution in [0.15, 0.2) is 47.4 Å². The van der Waals surface area contributed by atoms with E-state index in [-0.39, 0.29) is 17.3 Å². The van der Waals surface area contributed by atoms with Crippen LogP contribution in [-0.2, 0) is 14.8 Å². The molecule has 0 spiro atoms. The summed E-state index contributed by atoms with van der Waals surface area (Å²) in [5.41, 5.74) is 0.456. The van der Waals surface area contributed by atoms with Crippen LogP contribution in [0.2, 0.25) is 10.0 Å². The van der Waals surface area contributed by atoms with Crippen molar-refractivity contribution in [3.63, 3.8) is 0 Å². The van der Waals surface area contributed by atoms with Crippen LogP contribution in [-0.4, -0.2) is 38.8 Å². The number of halogens is 2. The molecule has 2 aromatic rings. The maximum absolute atomic E-state index is 12.9. The molecule has 0 unspecified atom stereocenters. The molecule has 1 aliphatic heterocycles. The normalized spacial score (nSPS) is 17.9. The Morgan fingerprint density at radius 1 is 1.14 bits per heavy atom. The molecular weight excluding hydrogens is 423 g/mol. The summed E-state index contributed by atoms with van der Waals surface area (Å²) in [5.74, 6) is -0.254. The number of sulfonamides is 1. The van der Waals surface area contributed by atoms with Crippen molar-refractivity contribution < 1.29 is 17.9 Å². The summed E-state index contributed by atoms with van der Waals surface area (Å²) in [5, 5.41) is 3.73. The zero-order valence-electron chi connectivity index (χ0n) is 15.2. The number of carbonyl (C=O) groups is 1. The van der Waals surface area contributed by atoms with Crippen molar-refractivity contribution in [1.29, 1.82) is 0 Å².